The smallest absolute Gasteiger partial charge is 0.252 e. The quantitative estimate of drug-likeness (QED) is 0.818. The molecule has 0 aliphatic carbocycles. The number of amides is 2. The summed E-state index contributed by atoms with van der Waals surface area (Å²) in [7, 11) is 0. The molecule has 110 valence electrons. The van der Waals surface area contributed by atoms with E-state index in [2.05, 4.69) is 26.6 Å². The summed E-state index contributed by atoms with van der Waals surface area (Å²) in [5, 5.41) is 5.91. The predicted octanol–water partition coefficient (Wildman–Crippen LogP) is 3.14. The highest BCUT2D eigenvalue weighted by atomic mass is 79.9. The van der Waals surface area contributed by atoms with Gasteiger partial charge in [-0.05, 0) is 31.5 Å². The van der Waals surface area contributed by atoms with Crippen LogP contribution < -0.4 is 10.6 Å². The molecule has 1 aromatic rings. The Morgan fingerprint density at radius 1 is 1.40 bits per heavy atom. The lowest BCUT2D eigenvalue weighted by Gasteiger charge is -2.11. The van der Waals surface area contributed by atoms with Crippen molar-refractivity contribution in [1.82, 2.24) is 10.6 Å². The van der Waals surface area contributed by atoms with Gasteiger partial charge in [-0.2, -0.15) is 0 Å². The second-order valence-electron chi connectivity index (χ2n) is 4.51. The summed E-state index contributed by atoms with van der Waals surface area (Å²) in [6.07, 6.45) is 1.13. The lowest BCUT2D eigenvalue weighted by Crippen LogP contribution is -2.35. The van der Waals surface area contributed by atoms with Gasteiger partial charge < -0.3 is 10.6 Å². The van der Waals surface area contributed by atoms with Crippen LogP contribution in [0.3, 0.4) is 0 Å². The summed E-state index contributed by atoms with van der Waals surface area (Å²) in [6.45, 7) is 4.23. The minimum Gasteiger partial charge on any atom is -0.354 e. The highest BCUT2D eigenvalue weighted by Crippen LogP contribution is 2.20. The van der Waals surface area contributed by atoms with Crippen molar-refractivity contribution in [3.05, 3.63) is 33.3 Å². The number of benzene rings is 1. The zero-order valence-corrected chi connectivity index (χ0v) is 13.8. The van der Waals surface area contributed by atoms with Gasteiger partial charge >= 0.3 is 0 Å². The Morgan fingerprint density at radius 3 is 2.75 bits per heavy atom. The van der Waals surface area contributed by atoms with Gasteiger partial charge in [0.05, 0.1) is 10.6 Å². The molecule has 1 aromatic carbocycles. The van der Waals surface area contributed by atoms with E-state index in [9.17, 15) is 9.59 Å². The summed E-state index contributed by atoms with van der Waals surface area (Å²) < 4.78 is 0.779. The fraction of sp³-hybridized carbons (Fsp3) is 0.429. The van der Waals surface area contributed by atoms with Crippen LogP contribution in [-0.2, 0) is 4.79 Å². The van der Waals surface area contributed by atoms with Crippen molar-refractivity contribution in [2.45, 2.75) is 32.7 Å². The first-order chi connectivity index (χ1) is 9.43. The van der Waals surface area contributed by atoms with Crippen molar-refractivity contribution in [2.75, 3.05) is 6.54 Å². The molecule has 0 bridgehead atoms. The minimum absolute atomic E-state index is 0.0695. The molecule has 0 saturated heterocycles. The molecule has 6 heteroatoms. The van der Waals surface area contributed by atoms with Crippen LogP contribution >= 0.6 is 27.5 Å². The van der Waals surface area contributed by atoms with Crippen LogP contribution in [0, 0.1) is 0 Å². The maximum absolute atomic E-state index is 11.9. The number of rotatable bonds is 6. The average molecular weight is 362 g/mol. The fourth-order valence-electron chi connectivity index (χ4n) is 1.51. The molecule has 0 unspecified atom stereocenters. The van der Waals surface area contributed by atoms with Crippen LogP contribution in [0.4, 0.5) is 0 Å². The maximum atomic E-state index is 11.9. The second kappa shape index (κ2) is 8.27. The van der Waals surface area contributed by atoms with Crippen molar-refractivity contribution in [3.63, 3.8) is 0 Å². The minimum atomic E-state index is -0.285. The van der Waals surface area contributed by atoms with Gasteiger partial charge in [0.2, 0.25) is 5.91 Å². The van der Waals surface area contributed by atoms with E-state index >= 15 is 0 Å². The molecule has 0 fully saturated rings. The first-order valence-electron chi connectivity index (χ1n) is 6.46. The number of nitrogens with one attached hydrogen (secondary N) is 2. The fourth-order valence-corrected chi connectivity index (χ4v) is 2.07. The van der Waals surface area contributed by atoms with E-state index in [-0.39, 0.29) is 30.8 Å². The van der Waals surface area contributed by atoms with Crippen molar-refractivity contribution in [1.29, 1.82) is 0 Å². The van der Waals surface area contributed by atoms with E-state index in [1.807, 2.05) is 13.8 Å². The van der Waals surface area contributed by atoms with Crippen molar-refractivity contribution >= 4 is 39.3 Å². The monoisotopic (exact) mass is 360 g/mol. The lowest BCUT2D eigenvalue weighted by atomic mass is 10.2. The number of carbonyl (C=O) groups is 2. The molecular formula is C14H18BrClN2O2. The Hall–Kier alpha value is -1.07. The third kappa shape index (κ3) is 5.51. The summed E-state index contributed by atoms with van der Waals surface area (Å²) in [6, 6.07) is 5.21. The maximum Gasteiger partial charge on any atom is 0.252 e. The van der Waals surface area contributed by atoms with Crippen LogP contribution in [0.25, 0.3) is 0 Å². The van der Waals surface area contributed by atoms with E-state index < -0.39 is 0 Å². The molecule has 1 rings (SSSR count). The first kappa shape index (κ1) is 17.0. The topological polar surface area (TPSA) is 58.2 Å². The van der Waals surface area contributed by atoms with E-state index in [1.54, 1.807) is 18.2 Å². The molecule has 1 atom stereocenters. The lowest BCUT2D eigenvalue weighted by molar-refractivity contribution is -0.121. The average Bonchev–Trinajstić information content (AvgIpc) is 2.41. The Kier molecular flexibility index (Phi) is 7.02. The summed E-state index contributed by atoms with van der Waals surface area (Å²) >= 11 is 9.25. The van der Waals surface area contributed by atoms with Crippen molar-refractivity contribution in [3.8, 4) is 0 Å². The Morgan fingerprint density at radius 2 is 2.10 bits per heavy atom. The second-order valence-corrected chi connectivity index (χ2v) is 5.83. The van der Waals surface area contributed by atoms with Gasteiger partial charge in [0.25, 0.3) is 5.91 Å². The van der Waals surface area contributed by atoms with Gasteiger partial charge in [-0.3, -0.25) is 9.59 Å². The van der Waals surface area contributed by atoms with Gasteiger partial charge in [0, 0.05) is 23.5 Å². The van der Waals surface area contributed by atoms with E-state index in [0.29, 0.717) is 10.6 Å². The van der Waals surface area contributed by atoms with E-state index in [4.69, 9.17) is 11.6 Å². The van der Waals surface area contributed by atoms with Crippen LogP contribution in [-0.4, -0.2) is 24.4 Å². The van der Waals surface area contributed by atoms with Crippen molar-refractivity contribution < 1.29 is 9.59 Å². The molecule has 2 amide bonds. The van der Waals surface area contributed by atoms with Crippen LogP contribution in [0.5, 0.6) is 0 Å². The molecule has 2 N–H and O–H groups in total. The standard InChI is InChI=1S/C14H18BrClN2O2/c1-3-9(2)18-13(19)6-7-17-14(20)11-8-10(15)4-5-12(11)16/h4-5,8-9H,3,6-7H2,1-2H3,(H,17,20)(H,18,19)/t9-/m0/s1. The van der Waals surface area contributed by atoms with E-state index in [0.717, 1.165) is 10.9 Å². The Balaban J connectivity index is 2.44. The van der Waals surface area contributed by atoms with Crippen LogP contribution in [0.1, 0.15) is 37.0 Å². The third-order valence-corrected chi connectivity index (χ3v) is 3.65. The largest absolute Gasteiger partial charge is 0.354 e. The zero-order valence-electron chi connectivity index (χ0n) is 11.5. The molecule has 0 aromatic heterocycles. The Bertz CT molecular complexity index is 494. The highest BCUT2D eigenvalue weighted by Gasteiger charge is 2.11. The summed E-state index contributed by atoms with van der Waals surface area (Å²) in [5.74, 6) is -0.354. The molecule has 0 heterocycles. The molecule has 20 heavy (non-hydrogen) atoms. The first-order valence-corrected chi connectivity index (χ1v) is 7.63. The number of hydrogen-bond acceptors (Lipinski definition) is 2. The number of hydrogen-bond donors (Lipinski definition) is 2. The Labute approximate surface area is 132 Å². The van der Waals surface area contributed by atoms with Gasteiger partial charge in [-0.25, -0.2) is 0 Å². The number of carbonyl (C=O) groups excluding carboxylic acids is 2. The molecule has 0 aliphatic heterocycles. The molecule has 0 saturated carbocycles. The normalized spacial score (nSPS) is 11.8. The molecule has 4 nitrogen and oxygen atoms in total. The highest BCUT2D eigenvalue weighted by molar-refractivity contribution is 9.10. The summed E-state index contributed by atoms with van der Waals surface area (Å²) in [4.78, 5) is 23.5. The van der Waals surface area contributed by atoms with Gasteiger partial charge in [0.15, 0.2) is 0 Å². The molecule has 0 aliphatic rings. The summed E-state index contributed by atoms with van der Waals surface area (Å²) in [5.41, 5.74) is 0.392. The molecular weight excluding hydrogens is 344 g/mol. The van der Waals surface area contributed by atoms with Crippen molar-refractivity contribution in [2.24, 2.45) is 0 Å². The van der Waals surface area contributed by atoms with Gasteiger partial charge in [0.1, 0.15) is 0 Å². The SMILES string of the molecule is CC[C@H](C)NC(=O)CCNC(=O)c1cc(Br)ccc1Cl. The van der Waals surface area contributed by atoms with Gasteiger partial charge in [-0.1, -0.05) is 34.5 Å². The third-order valence-electron chi connectivity index (χ3n) is 2.83. The van der Waals surface area contributed by atoms with E-state index in [1.165, 1.54) is 0 Å². The zero-order chi connectivity index (χ0) is 15.1. The predicted molar refractivity (Wildman–Crippen MR) is 84.0 cm³/mol. The number of halogens is 2. The van der Waals surface area contributed by atoms with Crippen LogP contribution in [0.2, 0.25) is 5.02 Å². The molecule has 0 radical (unpaired) electrons. The van der Waals surface area contributed by atoms with Gasteiger partial charge in [-0.15, -0.1) is 0 Å². The van der Waals surface area contributed by atoms with Crippen LogP contribution in [0.15, 0.2) is 22.7 Å². The molecule has 0 spiro atoms.